The first kappa shape index (κ1) is 15.8. The second-order valence-electron chi connectivity index (χ2n) is 5.77. The molecule has 128 valence electrons. The SMILES string of the molecule is O=C(NCc1cncc(-c2ccco2)c1)c1cc(-c2ccccc2)n[nH]1. The second-order valence-corrected chi connectivity index (χ2v) is 5.77. The number of rotatable bonds is 5. The van der Waals surface area contributed by atoms with Crippen LogP contribution in [0.5, 0.6) is 0 Å². The molecule has 1 aromatic carbocycles. The van der Waals surface area contributed by atoms with E-state index in [1.54, 1.807) is 24.7 Å². The highest BCUT2D eigenvalue weighted by atomic mass is 16.3. The molecule has 0 saturated carbocycles. The molecule has 0 aliphatic rings. The average Bonchev–Trinajstić information content (AvgIpc) is 3.39. The summed E-state index contributed by atoms with van der Waals surface area (Å²) < 4.78 is 5.37. The molecular weight excluding hydrogens is 328 g/mol. The van der Waals surface area contributed by atoms with E-state index in [0.29, 0.717) is 12.2 Å². The van der Waals surface area contributed by atoms with E-state index in [1.807, 2.05) is 48.5 Å². The van der Waals surface area contributed by atoms with Crippen LogP contribution in [0.2, 0.25) is 0 Å². The van der Waals surface area contributed by atoms with Gasteiger partial charge in [-0.1, -0.05) is 30.3 Å². The van der Waals surface area contributed by atoms with Crippen molar-refractivity contribution in [3.8, 4) is 22.6 Å². The van der Waals surface area contributed by atoms with Crippen molar-refractivity contribution in [1.29, 1.82) is 0 Å². The van der Waals surface area contributed by atoms with Crippen molar-refractivity contribution in [2.75, 3.05) is 0 Å². The first-order valence-corrected chi connectivity index (χ1v) is 8.16. The Balaban J connectivity index is 1.43. The minimum atomic E-state index is -0.219. The van der Waals surface area contributed by atoms with Crippen molar-refractivity contribution >= 4 is 5.91 Å². The quantitative estimate of drug-likeness (QED) is 0.579. The van der Waals surface area contributed by atoms with Crippen LogP contribution >= 0.6 is 0 Å². The van der Waals surface area contributed by atoms with Gasteiger partial charge in [0.25, 0.3) is 5.91 Å². The molecule has 3 aromatic heterocycles. The number of carbonyl (C=O) groups excluding carboxylic acids is 1. The van der Waals surface area contributed by atoms with Crippen molar-refractivity contribution in [2.24, 2.45) is 0 Å². The van der Waals surface area contributed by atoms with Crippen LogP contribution in [0.3, 0.4) is 0 Å². The summed E-state index contributed by atoms with van der Waals surface area (Å²) >= 11 is 0. The van der Waals surface area contributed by atoms with Crippen LogP contribution in [0.25, 0.3) is 22.6 Å². The van der Waals surface area contributed by atoms with Gasteiger partial charge in [-0.15, -0.1) is 0 Å². The molecule has 4 aromatic rings. The van der Waals surface area contributed by atoms with Gasteiger partial charge in [-0.2, -0.15) is 5.10 Å². The van der Waals surface area contributed by atoms with Crippen LogP contribution in [0.4, 0.5) is 0 Å². The Labute approximate surface area is 149 Å². The molecule has 0 saturated heterocycles. The summed E-state index contributed by atoms with van der Waals surface area (Å²) in [5, 5.41) is 9.85. The molecule has 0 bridgehead atoms. The van der Waals surface area contributed by atoms with E-state index in [2.05, 4.69) is 20.5 Å². The number of pyridine rings is 1. The minimum Gasteiger partial charge on any atom is -0.464 e. The predicted octanol–water partition coefficient (Wildman–Crippen LogP) is 3.66. The molecule has 3 heterocycles. The van der Waals surface area contributed by atoms with Crippen molar-refractivity contribution in [1.82, 2.24) is 20.5 Å². The lowest BCUT2D eigenvalue weighted by Gasteiger charge is -2.05. The van der Waals surface area contributed by atoms with Gasteiger partial charge >= 0.3 is 0 Å². The van der Waals surface area contributed by atoms with Crippen LogP contribution in [0.1, 0.15) is 16.1 Å². The van der Waals surface area contributed by atoms with Gasteiger partial charge in [0.2, 0.25) is 0 Å². The van der Waals surface area contributed by atoms with E-state index >= 15 is 0 Å². The maximum absolute atomic E-state index is 12.4. The van der Waals surface area contributed by atoms with E-state index in [4.69, 9.17) is 4.42 Å². The summed E-state index contributed by atoms with van der Waals surface area (Å²) in [7, 11) is 0. The number of furan rings is 1. The van der Waals surface area contributed by atoms with E-state index in [-0.39, 0.29) is 5.91 Å². The Morgan fingerprint density at radius 2 is 1.92 bits per heavy atom. The Bertz CT molecular complexity index is 1010. The van der Waals surface area contributed by atoms with Crippen LogP contribution in [0.15, 0.2) is 77.7 Å². The summed E-state index contributed by atoms with van der Waals surface area (Å²) in [6, 6.07) is 17.1. The summed E-state index contributed by atoms with van der Waals surface area (Å²) in [6.45, 7) is 0.361. The van der Waals surface area contributed by atoms with Gasteiger partial charge in [0.1, 0.15) is 11.5 Å². The molecule has 0 fully saturated rings. The number of carbonyl (C=O) groups is 1. The van der Waals surface area contributed by atoms with Crippen LogP contribution in [-0.4, -0.2) is 21.1 Å². The second kappa shape index (κ2) is 7.06. The smallest absolute Gasteiger partial charge is 0.269 e. The summed E-state index contributed by atoms with van der Waals surface area (Å²) in [6.07, 6.45) is 5.06. The molecule has 6 heteroatoms. The number of benzene rings is 1. The van der Waals surface area contributed by atoms with Gasteiger partial charge in [-0.25, -0.2) is 0 Å². The van der Waals surface area contributed by atoms with Gasteiger partial charge in [0, 0.05) is 30.1 Å². The summed E-state index contributed by atoms with van der Waals surface area (Å²) in [4.78, 5) is 16.6. The number of H-pyrrole nitrogens is 1. The number of amides is 1. The van der Waals surface area contributed by atoms with Gasteiger partial charge < -0.3 is 9.73 Å². The number of aromatic nitrogens is 3. The molecule has 0 aliphatic heterocycles. The maximum Gasteiger partial charge on any atom is 0.269 e. The van der Waals surface area contributed by atoms with Crippen molar-refractivity contribution in [3.05, 3.63) is 84.5 Å². The Hall–Kier alpha value is -3.67. The molecule has 4 rings (SSSR count). The topological polar surface area (TPSA) is 83.8 Å². The van der Waals surface area contributed by atoms with Crippen molar-refractivity contribution in [3.63, 3.8) is 0 Å². The number of hydrogen-bond donors (Lipinski definition) is 2. The van der Waals surface area contributed by atoms with E-state index in [0.717, 1.165) is 28.1 Å². The van der Waals surface area contributed by atoms with Crippen molar-refractivity contribution in [2.45, 2.75) is 6.54 Å². The third kappa shape index (κ3) is 3.39. The van der Waals surface area contributed by atoms with Gasteiger partial charge in [-0.05, 0) is 29.8 Å². The molecule has 0 spiro atoms. The molecule has 0 atom stereocenters. The first-order chi connectivity index (χ1) is 12.8. The third-order valence-corrected chi connectivity index (χ3v) is 3.95. The highest BCUT2D eigenvalue weighted by molar-refractivity contribution is 5.93. The maximum atomic E-state index is 12.4. The molecule has 26 heavy (non-hydrogen) atoms. The van der Waals surface area contributed by atoms with E-state index in [1.165, 1.54) is 0 Å². The molecule has 0 aliphatic carbocycles. The summed E-state index contributed by atoms with van der Waals surface area (Å²) in [5.74, 6) is 0.523. The molecule has 6 nitrogen and oxygen atoms in total. The Morgan fingerprint density at radius 1 is 1.04 bits per heavy atom. The van der Waals surface area contributed by atoms with E-state index < -0.39 is 0 Å². The zero-order chi connectivity index (χ0) is 17.8. The fourth-order valence-corrected chi connectivity index (χ4v) is 2.63. The zero-order valence-corrected chi connectivity index (χ0v) is 13.8. The fraction of sp³-hybridized carbons (Fsp3) is 0.0500. The number of nitrogens with one attached hydrogen (secondary N) is 2. The molecule has 0 unspecified atom stereocenters. The predicted molar refractivity (Wildman–Crippen MR) is 97.1 cm³/mol. The highest BCUT2D eigenvalue weighted by Crippen LogP contribution is 2.20. The lowest BCUT2D eigenvalue weighted by Crippen LogP contribution is -2.23. The third-order valence-electron chi connectivity index (χ3n) is 3.95. The Morgan fingerprint density at radius 3 is 2.73 bits per heavy atom. The lowest BCUT2D eigenvalue weighted by molar-refractivity contribution is 0.0946. The van der Waals surface area contributed by atoms with Crippen LogP contribution < -0.4 is 5.32 Å². The number of hydrogen-bond acceptors (Lipinski definition) is 4. The fourth-order valence-electron chi connectivity index (χ4n) is 2.63. The van der Waals surface area contributed by atoms with Gasteiger partial charge in [0.05, 0.1) is 12.0 Å². The lowest BCUT2D eigenvalue weighted by atomic mass is 10.1. The molecule has 2 N–H and O–H groups in total. The normalized spacial score (nSPS) is 10.6. The molecule has 1 amide bonds. The van der Waals surface area contributed by atoms with Crippen molar-refractivity contribution < 1.29 is 9.21 Å². The van der Waals surface area contributed by atoms with Gasteiger partial charge in [0.15, 0.2) is 0 Å². The standard InChI is InChI=1S/C20H16N4O2/c25-20(18-10-17(23-24-18)15-5-2-1-3-6-15)22-12-14-9-16(13-21-11-14)19-7-4-8-26-19/h1-11,13H,12H2,(H,22,25)(H,23,24). The van der Waals surface area contributed by atoms with E-state index in [9.17, 15) is 4.79 Å². The Kier molecular flexibility index (Phi) is 4.30. The highest BCUT2D eigenvalue weighted by Gasteiger charge is 2.11. The van der Waals surface area contributed by atoms with Crippen LogP contribution in [-0.2, 0) is 6.54 Å². The largest absolute Gasteiger partial charge is 0.464 e. The summed E-state index contributed by atoms with van der Waals surface area (Å²) in [5.41, 5.74) is 3.86. The average molecular weight is 344 g/mol. The minimum absolute atomic E-state index is 0.219. The number of nitrogens with zero attached hydrogens (tertiary/aromatic N) is 2. The monoisotopic (exact) mass is 344 g/mol. The van der Waals surface area contributed by atoms with Crippen LogP contribution in [0, 0.1) is 0 Å². The molecular formula is C20H16N4O2. The van der Waals surface area contributed by atoms with Gasteiger partial charge in [-0.3, -0.25) is 14.9 Å². The first-order valence-electron chi connectivity index (χ1n) is 8.16. The number of aromatic amines is 1. The zero-order valence-electron chi connectivity index (χ0n) is 13.8. The molecule has 0 radical (unpaired) electrons.